The number of pyridine rings is 1. The van der Waals surface area contributed by atoms with Gasteiger partial charge in [0.1, 0.15) is 11.7 Å². The molecule has 3 heterocycles. The molecular weight excluding hydrogens is 362 g/mol. The molecule has 138 valence electrons. The van der Waals surface area contributed by atoms with E-state index in [0.29, 0.717) is 22.5 Å². The first-order valence-electron chi connectivity index (χ1n) is 7.51. The predicted octanol–water partition coefficient (Wildman–Crippen LogP) is -0.225. The summed E-state index contributed by atoms with van der Waals surface area (Å²) in [6, 6.07) is 2.35. The highest BCUT2D eigenvalue weighted by Gasteiger charge is 2.18. The molecule has 3 aromatic heterocycles. The Kier molecular flexibility index (Phi) is 5.33. The highest BCUT2D eigenvalue weighted by Crippen LogP contribution is 2.22. The summed E-state index contributed by atoms with van der Waals surface area (Å²) >= 11 is 0. The second-order valence-corrected chi connectivity index (χ2v) is 5.81. The highest BCUT2D eigenvalue weighted by atomic mass is 35.5. The van der Waals surface area contributed by atoms with Crippen molar-refractivity contribution in [2.75, 3.05) is 0 Å². The van der Waals surface area contributed by atoms with Gasteiger partial charge in [-0.1, -0.05) is 0 Å². The number of aliphatic carboxylic acids is 1. The third kappa shape index (κ3) is 3.14. The van der Waals surface area contributed by atoms with Crippen molar-refractivity contribution in [1.29, 1.82) is 0 Å². The van der Waals surface area contributed by atoms with Gasteiger partial charge in [0, 0.05) is 50.4 Å². The van der Waals surface area contributed by atoms with Gasteiger partial charge < -0.3 is 19.8 Å². The molecule has 0 spiro atoms. The first kappa shape index (κ1) is 19.4. The van der Waals surface area contributed by atoms with Gasteiger partial charge >= 0.3 is 11.7 Å². The molecule has 0 aliphatic carbocycles. The Bertz CT molecular complexity index is 1100. The first-order valence-corrected chi connectivity index (χ1v) is 7.51. The minimum Gasteiger partial charge on any atom is -0.480 e. The number of carbonyl (C=O) groups is 1. The van der Waals surface area contributed by atoms with Crippen LogP contribution in [0.4, 0.5) is 0 Å². The van der Waals surface area contributed by atoms with Crippen LogP contribution in [0.15, 0.2) is 40.3 Å². The van der Waals surface area contributed by atoms with Crippen LogP contribution in [0, 0.1) is 0 Å². The molecule has 3 rings (SSSR count). The molecule has 0 radical (unpaired) electrons. The fraction of sp³-hybridized carbons (Fsp3) is 0.250. The molecule has 0 aliphatic heterocycles. The fourth-order valence-electron chi connectivity index (χ4n) is 2.75. The molecule has 9 nitrogen and oxygen atoms in total. The Morgan fingerprint density at radius 1 is 1.27 bits per heavy atom. The van der Waals surface area contributed by atoms with Crippen LogP contribution in [0.3, 0.4) is 0 Å². The summed E-state index contributed by atoms with van der Waals surface area (Å²) in [5.41, 5.74) is 6.80. The number of hydrogen-bond donors (Lipinski definition) is 2. The molecule has 0 fully saturated rings. The van der Waals surface area contributed by atoms with E-state index in [1.165, 1.54) is 17.8 Å². The third-order valence-electron chi connectivity index (χ3n) is 4.12. The molecular formula is C16H18ClN5O4. The Labute approximate surface area is 153 Å². The van der Waals surface area contributed by atoms with Gasteiger partial charge in [0.15, 0.2) is 0 Å². The van der Waals surface area contributed by atoms with E-state index in [0.717, 1.165) is 4.57 Å². The summed E-state index contributed by atoms with van der Waals surface area (Å²) in [5, 5.41) is 9.00. The predicted molar refractivity (Wildman–Crippen MR) is 97.7 cm³/mol. The van der Waals surface area contributed by atoms with Crippen LogP contribution in [0.2, 0.25) is 0 Å². The molecule has 0 saturated heterocycles. The zero-order valence-corrected chi connectivity index (χ0v) is 14.9. The van der Waals surface area contributed by atoms with Gasteiger partial charge in [0.2, 0.25) is 0 Å². The van der Waals surface area contributed by atoms with E-state index in [1.54, 1.807) is 36.0 Å². The maximum Gasteiger partial charge on any atom is 0.330 e. The summed E-state index contributed by atoms with van der Waals surface area (Å²) in [6.45, 7) is 0. The van der Waals surface area contributed by atoms with Crippen LogP contribution < -0.4 is 17.0 Å². The zero-order valence-electron chi connectivity index (χ0n) is 14.1. The molecule has 0 bridgehead atoms. The molecule has 1 atom stereocenters. The molecule has 0 amide bonds. The van der Waals surface area contributed by atoms with Gasteiger partial charge in [-0.05, 0) is 12.1 Å². The van der Waals surface area contributed by atoms with Crippen molar-refractivity contribution in [3.8, 4) is 11.1 Å². The lowest BCUT2D eigenvalue weighted by molar-refractivity contribution is -0.138. The smallest absolute Gasteiger partial charge is 0.330 e. The van der Waals surface area contributed by atoms with Gasteiger partial charge in [0.25, 0.3) is 5.56 Å². The van der Waals surface area contributed by atoms with E-state index >= 15 is 0 Å². The number of nitrogens with two attached hydrogens (primary N) is 1. The molecule has 10 heteroatoms. The molecule has 26 heavy (non-hydrogen) atoms. The van der Waals surface area contributed by atoms with Crippen molar-refractivity contribution in [3.05, 3.63) is 57.3 Å². The van der Waals surface area contributed by atoms with E-state index in [-0.39, 0.29) is 18.8 Å². The maximum absolute atomic E-state index is 12.5. The van der Waals surface area contributed by atoms with Gasteiger partial charge in [0.05, 0.1) is 5.56 Å². The highest BCUT2D eigenvalue weighted by molar-refractivity contribution is 5.85. The number of imidazole rings is 1. The van der Waals surface area contributed by atoms with Crippen LogP contribution in [-0.2, 0) is 25.3 Å². The summed E-state index contributed by atoms with van der Waals surface area (Å²) in [7, 11) is 2.98. The largest absolute Gasteiger partial charge is 0.480 e. The topological polar surface area (TPSA) is 125 Å². The number of fused-ring (bicyclic) bond motifs is 1. The molecule has 0 aromatic carbocycles. The van der Waals surface area contributed by atoms with Crippen molar-refractivity contribution in [2.24, 2.45) is 19.8 Å². The third-order valence-corrected chi connectivity index (χ3v) is 4.12. The average molecular weight is 380 g/mol. The summed E-state index contributed by atoms with van der Waals surface area (Å²) in [4.78, 5) is 39.6. The SMILES string of the molecule is Cl.Cn1cc(-c2ccc(CC(N)C(=O)O)n3ccnc23)c(=O)n(C)c1=O. The van der Waals surface area contributed by atoms with Gasteiger partial charge in [-0.3, -0.25) is 14.2 Å². The number of rotatable bonds is 4. The summed E-state index contributed by atoms with van der Waals surface area (Å²) in [5.74, 6) is -1.09. The standard InChI is InChI=1S/C16H17N5O4.ClH/c1-19-8-11(14(22)20(2)16(19)25)10-4-3-9(7-12(17)15(23)24)21-6-5-18-13(10)21;/h3-6,8,12H,7,17H2,1-2H3,(H,23,24);1H. The van der Waals surface area contributed by atoms with E-state index in [4.69, 9.17) is 10.8 Å². The number of carboxylic acids is 1. The van der Waals surface area contributed by atoms with E-state index < -0.39 is 23.3 Å². The lowest BCUT2D eigenvalue weighted by atomic mass is 10.1. The van der Waals surface area contributed by atoms with Gasteiger partial charge in [-0.15, -0.1) is 12.4 Å². The number of carboxylic acid groups (broad SMARTS) is 1. The number of halogens is 1. The van der Waals surface area contributed by atoms with Crippen molar-refractivity contribution >= 4 is 24.0 Å². The van der Waals surface area contributed by atoms with Crippen LogP contribution in [0.5, 0.6) is 0 Å². The second-order valence-electron chi connectivity index (χ2n) is 5.81. The van der Waals surface area contributed by atoms with Crippen LogP contribution in [0.25, 0.3) is 16.8 Å². The minimum atomic E-state index is -1.09. The summed E-state index contributed by atoms with van der Waals surface area (Å²) < 4.78 is 4.05. The zero-order chi connectivity index (χ0) is 18.3. The number of aryl methyl sites for hydroxylation is 1. The molecule has 0 saturated carbocycles. The van der Waals surface area contributed by atoms with Crippen LogP contribution in [0.1, 0.15) is 5.69 Å². The van der Waals surface area contributed by atoms with Crippen LogP contribution >= 0.6 is 12.4 Å². The number of nitrogens with zero attached hydrogens (tertiary/aromatic N) is 4. The summed E-state index contributed by atoms with van der Waals surface area (Å²) in [6.07, 6.45) is 4.82. The molecule has 3 aromatic rings. The van der Waals surface area contributed by atoms with Gasteiger partial charge in [-0.25, -0.2) is 9.78 Å². The molecule has 3 N–H and O–H groups in total. The van der Waals surface area contributed by atoms with Crippen molar-refractivity contribution < 1.29 is 9.90 Å². The normalized spacial score (nSPS) is 12.0. The lowest BCUT2D eigenvalue weighted by Crippen LogP contribution is -2.37. The van der Waals surface area contributed by atoms with Crippen molar-refractivity contribution in [1.82, 2.24) is 18.5 Å². The van der Waals surface area contributed by atoms with Crippen LogP contribution in [-0.4, -0.2) is 35.6 Å². The van der Waals surface area contributed by atoms with E-state index in [1.807, 2.05) is 0 Å². The Morgan fingerprint density at radius 2 is 1.96 bits per heavy atom. The van der Waals surface area contributed by atoms with Gasteiger partial charge in [-0.2, -0.15) is 0 Å². The minimum absolute atomic E-state index is 0. The number of aromatic nitrogens is 4. The van der Waals surface area contributed by atoms with E-state index in [2.05, 4.69) is 4.98 Å². The van der Waals surface area contributed by atoms with E-state index in [9.17, 15) is 14.4 Å². The molecule has 0 aliphatic rings. The van der Waals surface area contributed by atoms with Crippen molar-refractivity contribution in [3.63, 3.8) is 0 Å². The average Bonchev–Trinajstić information content (AvgIpc) is 3.07. The maximum atomic E-state index is 12.5. The Balaban J connectivity index is 0.00000243. The Morgan fingerprint density at radius 3 is 2.62 bits per heavy atom. The first-order chi connectivity index (χ1) is 11.8. The quantitative estimate of drug-likeness (QED) is 0.645. The lowest BCUT2D eigenvalue weighted by Gasteiger charge is -2.12. The Hall–Kier alpha value is -2.91. The number of hydrogen-bond acceptors (Lipinski definition) is 5. The molecule has 1 unspecified atom stereocenters. The fourth-order valence-corrected chi connectivity index (χ4v) is 2.75. The monoisotopic (exact) mass is 379 g/mol. The second kappa shape index (κ2) is 7.14. The van der Waals surface area contributed by atoms with Crippen molar-refractivity contribution in [2.45, 2.75) is 12.5 Å².